The quantitative estimate of drug-likeness (QED) is 0.749. The van der Waals surface area contributed by atoms with Crippen LogP contribution in [0.1, 0.15) is 59.8 Å². The van der Waals surface area contributed by atoms with Crippen molar-refractivity contribution in [3.8, 4) is 0 Å². The number of fused-ring (bicyclic) bond motifs is 5. The molecule has 144 valence electrons. The molecule has 0 radical (unpaired) electrons. The predicted molar refractivity (Wildman–Crippen MR) is 98.2 cm³/mol. The molecule has 3 rings (SSSR count). The van der Waals surface area contributed by atoms with Crippen LogP contribution in [0.25, 0.3) is 0 Å². The number of hydrogen-bond acceptors (Lipinski definition) is 4. The molecule has 1 saturated carbocycles. The molecule has 8 atom stereocenters. The van der Waals surface area contributed by atoms with Crippen molar-refractivity contribution >= 4 is 0 Å². The summed E-state index contributed by atoms with van der Waals surface area (Å²) in [6, 6.07) is 0. The second kappa shape index (κ2) is 6.63. The normalized spacial score (nSPS) is 51.0. The second-order valence-electron chi connectivity index (χ2n) is 9.48. The zero-order valence-corrected chi connectivity index (χ0v) is 16.5. The summed E-state index contributed by atoms with van der Waals surface area (Å²) in [5, 5.41) is 22.4. The summed E-state index contributed by atoms with van der Waals surface area (Å²) in [6.45, 7) is 12.7. The van der Waals surface area contributed by atoms with E-state index in [1.807, 2.05) is 13.8 Å². The highest BCUT2D eigenvalue weighted by molar-refractivity contribution is 5.18. The molecule has 0 aromatic carbocycles. The summed E-state index contributed by atoms with van der Waals surface area (Å²) in [7, 11) is 1.64. The molecular formula is C21H36O4. The van der Waals surface area contributed by atoms with E-state index in [9.17, 15) is 10.2 Å². The molecule has 2 saturated heterocycles. The fourth-order valence-corrected chi connectivity index (χ4v) is 5.84. The summed E-state index contributed by atoms with van der Waals surface area (Å²) in [6.07, 6.45) is 3.29. The second-order valence-corrected chi connectivity index (χ2v) is 9.48. The van der Waals surface area contributed by atoms with E-state index in [2.05, 4.69) is 20.4 Å². The van der Waals surface area contributed by atoms with Gasteiger partial charge in [0.2, 0.25) is 0 Å². The van der Waals surface area contributed by atoms with Gasteiger partial charge in [0.05, 0.1) is 29.5 Å². The summed E-state index contributed by atoms with van der Waals surface area (Å²) < 4.78 is 12.1. The van der Waals surface area contributed by atoms with Gasteiger partial charge in [-0.1, -0.05) is 26.0 Å². The van der Waals surface area contributed by atoms with Crippen LogP contribution >= 0.6 is 0 Å². The van der Waals surface area contributed by atoms with Crippen molar-refractivity contribution < 1.29 is 19.7 Å². The Morgan fingerprint density at radius 1 is 1.20 bits per heavy atom. The van der Waals surface area contributed by atoms with E-state index < -0.39 is 11.2 Å². The van der Waals surface area contributed by atoms with Gasteiger partial charge < -0.3 is 19.7 Å². The maximum Gasteiger partial charge on any atom is 0.0905 e. The molecule has 0 aromatic rings. The number of rotatable bonds is 2. The van der Waals surface area contributed by atoms with Crippen molar-refractivity contribution in [1.29, 1.82) is 0 Å². The Kier molecular flexibility index (Phi) is 5.13. The van der Waals surface area contributed by atoms with Gasteiger partial charge in [-0.3, -0.25) is 0 Å². The van der Waals surface area contributed by atoms with Crippen LogP contribution in [0.5, 0.6) is 0 Å². The largest absolute Gasteiger partial charge is 0.387 e. The molecule has 2 N–H and O–H groups in total. The summed E-state index contributed by atoms with van der Waals surface area (Å²) in [5.74, 6) is 1.59. The first-order valence-corrected chi connectivity index (χ1v) is 9.89. The Labute approximate surface area is 152 Å². The molecule has 0 aromatic heterocycles. The molecule has 0 amide bonds. The standard InChI is InChI=1S/C21H36O4/c1-12(2)14-8-7-13(3)17-15-11-21(5,23)16(24-6)9-10-20(4,22)19(25-15)18(14)17/h12,14-19,22-23H,3,7-11H2,1-2,4-6H3/t14-,15-,16+,17-,18-,19-,20-,21+/m1/s1. The first-order valence-electron chi connectivity index (χ1n) is 9.89. The average molecular weight is 353 g/mol. The third kappa shape index (κ3) is 3.31. The zero-order chi connectivity index (χ0) is 18.6. The van der Waals surface area contributed by atoms with Gasteiger partial charge in [-0.25, -0.2) is 0 Å². The van der Waals surface area contributed by atoms with E-state index >= 15 is 0 Å². The van der Waals surface area contributed by atoms with E-state index in [-0.39, 0.29) is 30.1 Å². The Hall–Kier alpha value is -0.420. The third-order valence-electron chi connectivity index (χ3n) is 7.23. The van der Waals surface area contributed by atoms with Gasteiger partial charge >= 0.3 is 0 Å². The lowest BCUT2D eigenvalue weighted by Crippen LogP contribution is -2.50. The molecular weight excluding hydrogens is 316 g/mol. The molecule has 2 bridgehead atoms. The van der Waals surface area contributed by atoms with E-state index in [1.165, 1.54) is 5.57 Å². The molecule has 2 aliphatic heterocycles. The highest BCUT2D eigenvalue weighted by Crippen LogP contribution is 2.55. The molecule has 25 heavy (non-hydrogen) atoms. The van der Waals surface area contributed by atoms with Gasteiger partial charge in [-0.2, -0.15) is 0 Å². The van der Waals surface area contributed by atoms with Crippen LogP contribution in [0.15, 0.2) is 12.2 Å². The maximum absolute atomic E-state index is 11.3. The van der Waals surface area contributed by atoms with Gasteiger partial charge in [-0.15, -0.1) is 0 Å². The van der Waals surface area contributed by atoms with Crippen molar-refractivity contribution in [2.24, 2.45) is 23.7 Å². The summed E-state index contributed by atoms with van der Waals surface area (Å²) >= 11 is 0. The van der Waals surface area contributed by atoms with Crippen molar-refractivity contribution in [3.63, 3.8) is 0 Å². The van der Waals surface area contributed by atoms with Crippen LogP contribution in [0.2, 0.25) is 0 Å². The lowest BCUT2D eigenvalue weighted by atomic mass is 9.60. The van der Waals surface area contributed by atoms with Crippen molar-refractivity contribution in [3.05, 3.63) is 12.2 Å². The van der Waals surface area contributed by atoms with Crippen LogP contribution in [0.4, 0.5) is 0 Å². The SMILES string of the molecule is C=C1CC[C@H](C(C)C)[C@@H]2[C@H]1[C@H]1C[C@](C)(O)[C@@H](OC)CC[C@@](C)(O)[C@@H]2O1. The topological polar surface area (TPSA) is 58.9 Å². The van der Waals surface area contributed by atoms with Gasteiger partial charge in [0, 0.05) is 19.4 Å². The lowest BCUT2D eigenvalue weighted by molar-refractivity contribution is -0.121. The lowest BCUT2D eigenvalue weighted by Gasteiger charge is -2.45. The zero-order valence-electron chi connectivity index (χ0n) is 16.5. The Morgan fingerprint density at radius 3 is 2.48 bits per heavy atom. The molecule has 3 aliphatic rings. The highest BCUT2D eigenvalue weighted by Gasteiger charge is 2.58. The van der Waals surface area contributed by atoms with Crippen molar-refractivity contribution in [1.82, 2.24) is 0 Å². The van der Waals surface area contributed by atoms with Crippen LogP contribution in [-0.4, -0.2) is 46.8 Å². The fraction of sp³-hybridized carbons (Fsp3) is 0.905. The molecule has 0 unspecified atom stereocenters. The van der Waals surface area contributed by atoms with Crippen molar-refractivity contribution in [2.75, 3.05) is 7.11 Å². The van der Waals surface area contributed by atoms with Crippen LogP contribution in [-0.2, 0) is 9.47 Å². The van der Waals surface area contributed by atoms with E-state index in [0.717, 1.165) is 12.8 Å². The minimum Gasteiger partial charge on any atom is -0.387 e. The minimum atomic E-state index is -0.968. The number of ether oxygens (including phenoxy) is 2. The fourth-order valence-electron chi connectivity index (χ4n) is 5.84. The Morgan fingerprint density at radius 2 is 1.88 bits per heavy atom. The van der Waals surface area contributed by atoms with E-state index in [0.29, 0.717) is 31.1 Å². The molecule has 4 heteroatoms. The van der Waals surface area contributed by atoms with Crippen molar-refractivity contribution in [2.45, 2.75) is 89.3 Å². The maximum atomic E-state index is 11.3. The highest BCUT2D eigenvalue weighted by atomic mass is 16.5. The molecule has 0 spiro atoms. The molecule has 4 nitrogen and oxygen atoms in total. The first-order chi connectivity index (χ1) is 11.6. The number of methoxy groups -OCH3 is 1. The molecule has 3 fully saturated rings. The Balaban J connectivity index is 2.02. The van der Waals surface area contributed by atoms with E-state index in [1.54, 1.807) is 7.11 Å². The Bertz CT molecular complexity index is 510. The monoisotopic (exact) mass is 352 g/mol. The van der Waals surface area contributed by atoms with Gasteiger partial charge in [0.15, 0.2) is 0 Å². The molecule has 1 aliphatic carbocycles. The van der Waals surface area contributed by atoms with Gasteiger partial charge in [-0.05, 0) is 57.3 Å². The molecule has 2 heterocycles. The van der Waals surface area contributed by atoms with Gasteiger partial charge in [0.1, 0.15) is 0 Å². The summed E-state index contributed by atoms with van der Waals surface area (Å²) in [4.78, 5) is 0. The van der Waals surface area contributed by atoms with Crippen LogP contribution in [0, 0.1) is 23.7 Å². The first kappa shape index (κ1) is 19.3. The number of hydrogen-bond donors (Lipinski definition) is 2. The number of aliphatic hydroxyl groups is 2. The van der Waals surface area contributed by atoms with E-state index in [4.69, 9.17) is 9.47 Å². The third-order valence-corrected chi connectivity index (χ3v) is 7.23. The minimum absolute atomic E-state index is 0.0960. The smallest absolute Gasteiger partial charge is 0.0905 e. The average Bonchev–Trinajstić information content (AvgIpc) is 2.88. The van der Waals surface area contributed by atoms with Crippen LogP contribution < -0.4 is 0 Å². The predicted octanol–water partition coefficient (Wildman–Crippen LogP) is 3.31. The summed E-state index contributed by atoms with van der Waals surface area (Å²) in [5.41, 5.74) is -0.653. The van der Waals surface area contributed by atoms with Gasteiger partial charge in [0.25, 0.3) is 0 Å². The van der Waals surface area contributed by atoms with Crippen LogP contribution in [0.3, 0.4) is 0 Å².